The van der Waals surface area contributed by atoms with Crippen LogP contribution in [0.4, 0.5) is 0 Å². The summed E-state index contributed by atoms with van der Waals surface area (Å²) in [6, 6.07) is 8.04. The molecule has 0 amide bonds. The maximum Gasteiger partial charge on any atom is 0.201 e. The largest absolute Gasteiger partial charge is 0.202 e. The molecule has 0 N–H and O–H groups in total. The molecule has 0 atom stereocenters. The molecule has 0 saturated carbocycles. The van der Waals surface area contributed by atoms with Gasteiger partial charge in [-0.25, -0.2) is 9.97 Å². The number of nitrogens with zero attached hydrogens (tertiary/aromatic N) is 3. The van der Waals surface area contributed by atoms with E-state index in [1.807, 2.05) is 31.2 Å². The number of halogens is 2. The Morgan fingerprint density at radius 2 is 1.40 bits per heavy atom. The van der Waals surface area contributed by atoms with Gasteiger partial charge in [0.15, 0.2) is 5.82 Å². The lowest BCUT2D eigenvalue weighted by molar-refractivity contribution is 0.984. The Hall–Kier alpha value is -0.810. The molecule has 2 rings (SSSR count). The van der Waals surface area contributed by atoms with Gasteiger partial charge in [-0.15, -0.1) is 0 Å². The minimum absolute atomic E-state index is 0.528. The molecule has 0 spiro atoms. The second-order valence-corrected chi connectivity index (χ2v) is 4.48. The van der Waals surface area contributed by atoms with E-state index in [1.54, 1.807) is 0 Å². The zero-order chi connectivity index (χ0) is 10.8. The highest BCUT2D eigenvalue weighted by molar-refractivity contribution is 9.11. The van der Waals surface area contributed by atoms with Crippen LogP contribution in [0.25, 0.3) is 11.4 Å². The molecule has 5 heteroatoms. The molecular weight excluding hydrogens is 322 g/mol. The number of benzene rings is 1. The Bertz CT molecular complexity index is 462. The zero-order valence-electron chi connectivity index (χ0n) is 7.91. The van der Waals surface area contributed by atoms with E-state index in [2.05, 4.69) is 46.8 Å². The first-order valence-corrected chi connectivity index (χ1v) is 5.88. The quantitative estimate of drug-likeness (QED) is 0.805. The molecule has 3 nitrogen and oxygen atoms in total. The van der Waals surface area contributed by atoms with Gasteiger partial charge in [0, 0.05) is 5.56 Å². The molecule has 15 heavy (non-hydrogen) atoms. The second kappa shape index (κ2) is 4.37. The molecule has 0 unspecified atom stereocenters. The van der Waals surface area contributed by atoms with Gasteiger partial charge in [-0.2, -0.15) is 4.98 Å². The summed E-state index contributed by atoms with van der Waals surface area (Å²) in [5, 5.41) is 0. The lowest BCUT2D eigenvalue weighted by atomic mass is 10.1. The third-order valence-electron chi connectivity index (χ3n) is 1.89. The van der Waals surface area contributed by atoms with Gasteiger partial charge in [0.25, 0.3) is 0 Å². The van der Waals surface area contributed by atoms with E-state index in [0.29, 0.717) is 15.3 Å². The van der Waals surface area contributed by atoms with Crippen LogP contribution < -0.4 is 0 Å². The molecule has 0 aliphatic heterocycles. The fourth-order valence-corrected chi connectivity index (χ4v) is 2.07. The number of aryl methyl sites for hydroxylation is 1. The van der Waals surface area contributed by atoms with E-state index < -0.39 is 0 Å². The average molecular weight is 329 g/mol. The first-order valence-electron chi connectivity index (χ1n) is 4.29. The second-order valence-electron chi connectivity index (χ2n) is 3.06. The van der Waals surface area contributed by atoms with E-state index in [0.717, 1.165) is 5.56 Å². The topological polar surface area (TPSA) is 38.7 Å². The summed E-state index contributed by atoms with van der Waals surface area (Å²) in [7, 11) is 0. The van der Waals surface area contributed by atoms with Crippen LogP contribution in [0.5, 0.6) is 0 Å². The summed E-state index contributed by atoms with van der Waals surface area (Å²) < 4.78 is 1.06. The fraction of sp³-hybridized carbons (Fsp3) is 0.100. The lowest BCUT2D eigenvalue weighted by Crippen LogP contribution is -1.93. The highest BCUT2D eigenvalue weighted by Crippen LogP contribution is 2.18. The average Bonchev–Trinajstić information content (AvgIpc) is 2.17. The molecule has 1 heterocycles. The van der Waals surface area contributed by atoms with Gasteiger partial charge in [0.05, 0.1) is 0 Å². The molecular formula is C10H7Br2N3. The molecule has 0 saturated heterocycles. The van der Waals surface area contributed by atoms with Gasteiger partial charge in [-0.3, -0.25) is 0 Å². The standard InChI is InChI=1S/C10H7Br2N3/c1-6-2-4-7(5-3-6)8-13-9(11)15-10(12)14-8/h2-5H,1H3. The van der Waals surface area contributed by atoms with Crippen LogP contribution in [0.3, 0.4) is 0 Å². The Labute approximate surface area is 104 Å². The van der Waals surface area contributed by atoms with Crippen LogP contribution in [0, 0.1) is 6.92 Å². The van der Waals surface area contributed by atoms with E-state index in [4.69, 9.17) is 0 Å². The third-order valence-corrected chi connectivity index (χ3v) is 2.60. The molecule has 76 valence electrons. The fourth-order valence-electron chi connectivity index (χ4n) is 1.16. The van der Waals surface area contributed by atoms with Crippen molar-refractivity contribution in [1.82, 2.24) is 15.0 Å². The number of aromatic nitrogens is 3. The first kappa shape index (κ1) is 10.7. The van der Waals surface area contributed by atoms with Crippen molar-refractivity contribution in [3.05, 3.63) is 39.3 Å². The van der Waals surface area contributed by atoms with Crippen LogP contribution >= 0.6 is 31.9 Å². The number of hydrogen-bond acceptors (Lipinski definition) is 3. The Morgan fingerprint density at radius 1 is 0.867 bits per heavy atom. The number of rotatable bonds is 1. The summed E-state index contributed by atoms with van der Waals surface area (Å²) in [5.41, 5.74) is 2.19. The van der Waals surface area contributed by atoms with Gasteiger partial charge in [-0.05, 0) is 38.8 Å². The smallest absolute Gasteiger partial charge is 0.201 e. The molecule has 0 radical (unpaired) electrons. The van der Waals surface area contributed by atoms with Crippen molar-refractivity contribution in [3.8, 4) is 11.4 Å². The van der Waals surface area contributed by atoms with Crippen molar-refractivity contribution in [2.24, 2.45) is 0 Å². The maximum absolute atomic E-state index is 4.20. The van der Waals surface area contributed by atoms with E-state index in [1.165, 1.54) is 5.56 Å². The lowest BCUT2D eigenvalue weighted by Gasteiger charge is -2.01. The minimum atomic E-state index is 0.528. The summed E-state index contributed by atoms with van der Waals surface area (Å²) >= 11 is 6.46. The van der Waals surface area contributed by atoms with Crippen molar-refractivity contribution in [1.29, 1.82) is 0 Å². The third kappa shape index (κ3) is 2.60. The van der Waals surface area contributed by atoms with Crippen molar-refractivity contribution in [2.45, 2.75) is 6.92 Å². The van der Waals surface area contributed by atoms with E-state index >= 15 is 0 Å². The SMILES string of the molecule is Cc1ccc(-c2nc(Br)nc(Br)n2)cc1. The van der Waals surface area contributed by atoms with Crippen LogP contribution in [0.2, 0.25) is 0 Å². The first-order chi connectivity index (χ1) is 7.15. The van der Waals surface area contributed by atoms with Gasteiger partial charge in [0.1, 0.15) is 0 Å². The Balaban J connectivity index is 2.49. The summed E-state index contributed by atoms with van der Waals surface area (Å²) in [6.45, 7) is 2.04. The minimum Gasteiger partial charge on any atom is -0.202 e. The van der Waals surface area contributed by atoms with Gasteiger partial charge in [-0.1, -0.05) is 29.8 Å². The molecule has 0 fully saturated rings. The molecule has 0 aliphatic carbocycles. The molecule has 1 aromatic carbocycles. The highest BCUT2D eigenvalue weighted by Gasteiger charge is 2.04. The zero-order valence-corrected chi connectivity index (χ0v) is 11.1. The van der Waals surface area contributed by atoms with E-state index in [-0.39, 0.29) is 0 Å². The van der Waals surface area contributed by atoms with Crippen LogP contribution in [0.1, 0.15) is 5.56 Å². The van der Waals surface area contributed by atoms with Crippen LogP contribution in [-0.4, -0.2) is 15.0 Å². The van der Waals surface area contributed by atoms with Crippen molar-refractivity contribution in [2.75, 3.05) is 0 Å². The monoisotopic (exact) mass is 327 g/mol. The predicted molar refractivity (Wildman–Crippen MR) is 65.4 cm³/mol. The number of hydrogen-bond donors (Lipinski definition) is 0. The van der Waals surface area contributed by atoms with Crippen LogP contribution in [0.15, 0.2) is 33.7 Å². The maximum atomic E-state index is 4.20. The summed E-state index contributed by atoms with van der Waals surface area (Å²) in [4.78, 5) is 12.4. The van der Waals surface area contributed by atoms with Crippen molar-refractivity contribution >= 4 is 31.9 Å². The molecule has 0 aliphatic rings. The van der Waals surface area contributed by atoms with E-state index in [9.17, 15) is 0 Å². The van der Waals surface area contributed by atoms with Crippen molar-refractivity contribution in [3.63, 3.8) is 0 Å². The predicted octanol–water partition coefficient (Wildman–Crippen LogP) is 3.37. The Morgan fingerprint density at radius 3 is 1.93 bits per heavy atom. The van der Waals surface area contributed by atoms with Gasteiger partial charge in [0.2, 0.25) is 9.47 Å². The summed E-state index contributed by atoms with van der Waals surface area (Å²) in [6.07, 6.45) is 0. The van der Waals surface area contributed by atoms with Gasteiger partial charge < -0.3 is 0 Å². The Kier molecular flexibility index (Phi) is 3.11. The normalized spacial score (nSPS) is 10.3. The van der Waals surface area contributed by atoms with Gasteiger partial charge >= 0.3 is 0 Å². The van der Waals surface area contributed by atoms with Crippen LogP contribution in [-0.2, 0) is 0 Å². The molecule has 2 aromatic rings. The highest BCUT2D eigenvalue weighted by atomic mass is 79.9. The van der Waals surface area contributed by atoms with Crippen molar-refractivity contribution < 1.29 is 0 Å². The molecule has 0 bridgehead atoms. The summed E-state index contributed by atoms with van der Waals surface area (Å²) in [5.74, 6) is 0.656. The molecule has 1 aromatic heterocycles.